The lowest BCUT2D eigenvalue weighted by atomic mass is 9.70. The molecule has 1 saturated heterocycles. The molecule has 1 aliphatic rings. The highest BCUT2D eigenvalue weighted by Gasteiger charge is 2.54. The van der Waals surface area contributed by atoms with Crippen molar-refractivity contribution < 1.29 is 4.74 Å². The van der Waals surface area contributed by atoms with Crippen LogP contribution in [0.1, 0.15) is 60.8 Å². The number of rotatable bonds is 6. The van der Waals surface area contributed by atoms with E-state index in [1.54, 1.807) is 0 Å². The predicted molar refractivity (Wildman–Crippen MR) is 85.5 cm³/mol. The smallest absolute Gasteiger partial charge is 0.0678 e. The fourth-order valence-corrected chi connectivity index (χ4v) is 4.37. The first kappa shape index (κ1) is 17.9. The van der Waals surface area contributed by atoms with Crippen molar-refractivity contribution in [2.75, 3.05) is 14.1 Å². The Kier molecular flexibility index (Phi) is 5.29. The molecule has 4 nitrogen and oxygen atoms in total. The number of hydrogen-bond donors (Lipinski definition) is 2. The topological polar surface area (TPSA) is 50.5 Å². The number of nitrogens with one attached hydrogen (secondary N) is 1. The average molecular weight is 285 g/mol. The standard InChI is InChI=1S/C16H35N3O/c1-9-16(10-2,19(7)8)13(18-17)12-11-14(3,4)20-15(12,5)6/h12-13,18H,9-11,17H2,1-8H3. The maximum Gasteiger partial charge on any atom is 0.0678 e. The summed E-state index contributed by atoms with van der Waals surface area (Å²) in [6.07, 6.45) is 3.17. The number of nitrogens with two attached hydrogens (primary N) is 1. The van der Waals surface area contributed by atoms with Crippen molar-refractivity contribution in [3.8, 4) is 0 Å². The lowest BCUT2D eigenvalue weighted by molar-refractivity contribution is -0.0853. The van der Waals surface area contributed by atoms with Crippen LogP contribution in [0.3, 0.4) is 0 Å². The van der Waals surface area contributed by atoms with Gasteiger partial charge in [0.1, 0.15) is 0 Å². The lowest BCUT2D eigenvalue weighted by Crippen LogP contribution is -2.65. The molecule has 2 atom stereocenters. The van der Waals surface area contributed by atoms with Gasteiger partial charge < -0.3 is 9.64 Å². The molecule has 4 heteroatoms. The van der Waals surface area contributed by atoms with Crippen LogP contribution in [0.5, 0.6) is 0 Å². The molecule has 0 amide bonds. The van der Waals surface area contributed by atoms with Gasteiger partial charge in [0.25, 0.3) is 0 Å². The molecule has 0 aromatic rings. The van der Waals surface area contributed by atoms with E-state index >= 15 is 0 Å². The molecule has 0 aliphatic carbocycles. The third kappa shape index (κ3) is 3.03. The molecule has 0 saturated carbocycles. The van der Waals surface area contributed by atoms with Crippen LogP contribution in [0.15, 0.2) is 0 Å². The largest absolute Gasteiger partial charge is 0.369 e. The predicted octanol–water partition coefficient (Wildman–Crippen LogP) is 2.53. The van der Waals surface area contributed by atoms with E-state index in [0.717, 1.165) is 19.3 Å². The quantitative estimate of drug-likeness (QED) is 0.581. The number of likely N-dealkylation sites (N-methyl/N-ethyl adjacent to an activating group) is 1. The zero-order chi connectivity index (χ0) is 15.8. The number of ether oxygens (including phenoxy) is 1. The highest BCUT2D eigenvalue weighted by Crippen LogP contribution is 2.47. The molecule has 20 heavy (non-hydrogen) atoms. The minimum atomic E-state index is -0.161. The van der Waals surface area contributed by atoms with Gasteiger partial charge in [-0.1, -0.05) is 13.8 Å². The number of nitrogens with zero attached hydrogens (tertiary/aromatic N) is 1. The summed E-state index contributed by atoms with van der Waals surface area (Å²) in [7, 11) is 4.32. The van der Waals surface area contributed by atoms with Crippen LogP contribution in [0.2, 0.25) is 0 Å². The van der Waals surface area contributed by atoms with E-state index in [9.17, 15) is 0 Å². The highest BCUT2D eigenvalue weighted by atomic mass is 16.5. The minimum Gasteiger partial charge on any atom is -0.369 e. The molecule has 1 heterocycles. The van der Waals surface area contributed by atoms with E-state index in [1.165, 1.54) is 0 Å². The van der Waals surface area contributed by atoms with Crippen LogP contribution in [0, 0.1) is 5.92 Å². The first-order chi connectivity index (χ1) is 9.06. The van der Waals surface area contributed by atoms with Crippen LogP contribution >= 0.6 is 0 Å². The van der Waals surface area contributed by atoms with Crippen LogP contribution in [-0.2, 0) is 4.74 Å². The van der Waals surface area contributed by atoms with Gasteiger partial charge in [0.05, 0.1) is 11.2 Å². The molecule has 2 unspecified atom stereocenters. The third-order valence-electron chi connectivity index (χ3n) is 5.42. The van der Waals surface area contributed by atoms with Gasteiger partial charge in [-0.3, -0.25) is 11.3 Å². The van der Waals surface area contributed by atoms with Crippen molar-refractivity contribution in [2.45, 2.75) is 83.6 Å². The molecule has 0 bridgehead atoms. The second-order valence-electron chi connectivity index (χ2n) is 7.63. The molecule has 1 aliphatic heterocycles. The van der Waals surface area contributed by atoms with Crippen molar-refractivity contribution in [2.24, 2.45) is 11.8 Å². The van der Waals surface area contributed by atoms with Gasteiger partial charge >= 0.3 is 0 Å². The minimum absolute atomic E-state index is 0.0560. The second kappa shape index (κ2) is 5.91. The number of hydrogen-bond acceptors (Lipinski definition) is 4. The Morgan fingerprint density at radius 1 is 1.25 bits per heavy atom. The van der Waals surface area contributed by atoms with E-state index < -0.39 is 0 Å². The van der Waals surface area contributed by atoms with E-state index in [0.29, 0.717) is 5.92 Å². The molecule has 0 aromatic carbocycles. The molecule has 0 radical (unpaired) electrons. The van der Waals surface area contributed by atoms with E-state index in [4.69, 9.17) is 10.6 Å². The van der Waals surface area contributed by atoms with Crippen LogP contribution in [0.25, 0.3) is 0 Å². The fraction of sp³-hybridized carbons (Fsp3) is 1.00. The Hall–Kier alpha value is -0.160. The molecule has 1 rings (SSSR count). The third-order valence-corrected chi connectivity index (χ3v) is 5.42. The first-order valence-electron chi connectivity index (χ1n) is 7.90. The van der Waals surface area contributed by atoms with Crippen LogP contribution in [-0.4, -0.2) is 41.8 Å². The summed E-state index contributed by atoms with van der Waals surface area (Å²) in [5, 5.41) is 0. The molecule has 0 aromatic heterocycles. The van der Waals surface area contributed by atoms with Gasteiger partial charge in [0.2, 0.25) is 0 Å². The van der Waals surface area contributed by atoms with Gasteiger partial charge in [-0.25, -0.2) is 0 Å². The zero-order valence-corrected chi connectivity index (χ0v) is 14.7. The summed E-state index contributed by atoms with van der Waals surface area (Å²) in [6, 6.07) is 0.212. The van der Waals surface area contributed by atoms with Crippen molar-refractivity contribution in [3.63, 3.8) is 0 Å². The average Bonchev–Trinajstić information content (AvgIpc) is 2.53. The Labute approximate surface area is 125 Å². The lowest BCUT2D eigenvalue weighted by Gasteiger charge is -2.49. The summed E-state index contributed by atoms with van der Waals surface area (Å²) in [4.78, 5) is 2.33. The van der Waals surface area contributed by atoms with Crippen molar-refractivity contribution >= 4 is 0 Å². The van der Waals surface area contributed by atoms with Gasteiger partial charge in [-0.05, 0) is 61.1 Å². The SMILES string of the molecule is CCC(CC)(C(NN)C1CC(C)(C)OC1(C)C)N(C)C. The summed E-state index contributed by atoms with van der Waals surface area (Å²) >= 11 is 0. The summed E-state index contributed by atoms with van der Waals surface area (Å²) < 4.78 is 6.28. The van der Waals surface area contributed by atoms with Gasteiger partial charge in [-0.2, -0.15) is 0 Å². The summed E-state index contributed by atoms with van der Waals surface area (Å²) in [5.74, 6) is 6.40. The summed E-state index contributed by atoms with van der Waals surface area (Å²) in [5.41, 5.74) is 2.95. The zero-order valence-electron chi connectivity index (χ0n) is 14.7. The van der Waals surface area contributed by atoms with Crippen LogP contribution in [0.4, 0.5) is 0 Å². The molecule has 1 fully saturated rings. The summed E-state index contributed by atoms with van der Waals surface area (Å²) in [6.45, 7) is 13.3. The molecular weight excluding hydrogens is 250 g/mol. The molecule has 120 valence electrons. The van der Waals surface area contributed by atoms with E-state index in [2.05, 4.69) is 66.0 Å². The van der Waals surface area contributed by atoms with E-state index in [-0.39, 0.29) is 22.8 Å². The molecule has 0 spiro atoms. The Morgan fingerprint density at radius 3 is 2.00 bits per heavy atom. The highest BCUT2D eigenvalue weighted by molar-refractivity contribution is 5.08. The monoisotopic (exact) mass is 285 g/mol. The Balaban J connectivity index is 3.18. The van der Waals surface area contributed by atoms with Crippen molar-refractivity contribution in [1.82, 2.24) is 10.3 Å². The maximum absolute atomic E-state index is 6.28. The molecule has 3 N–H and O–H groups in total. The Morgan fingerprint density at radius 2 is 1.75 bits per heavy atom. The second-order valence-corrected chi connectivity index (χ2v) is 7.63. The van der Waals surface area contributed by atoms with Crippen molar-refractivity contribution in [3.05, 3.63) is 0 Å². The van der Waals surface area contributed by atoms with Crippen LogP contribution < -0.4 is 11.3 Å². The van der Waals surface area contributed by atoms with E-state index in [1.807, 2.05) is 0 Å². The van der Waals surface area contributed by atoms with Gasteiger partial charge in [0, 0.05) is 17.5 Å². The first-order valence-corrected chi connectivity index (χ1v) is 7.90. The van der Waals surface area contributed by atoms with Gasteiger partial charge in [0.15, 0.2) is 0 Å². The maximum atomic E-state index is 6.28. The van der Waals surface area contributed by atoms with Gasteiger partial charge in [-0.15, -0.1) is 0 Å². The fourth-order valence-electron chi connectivity index (χ4n) is 4.37. The van der Waals surface area contributed by atoms with Crippen molar-refractivity contribution in [1.29, 1.82) is 0 Å². The Bertz CT molecular complexity index is 322. The normalized spacial score (nSPS) is 27.0. The number of hydrazine groups is 1. The molecular formula is C16H35N3O.